The molecular formula is C32H40F2N6O4S. The maximum absolute atomic E-state index is 15.8. The minimum absolute atomic E-state index is 0.00139. The van der Waals surface area contributed by atoms with Crippen LogP contribution in [0.25, 0.3) is 11.0 Å². The van der Waals surface area contributed by atoms with Gasteiger partial charge in [0.25, 0.3) is 11.5 Å². The van der Waals surface area contributed by atoms with Gasteiger partial charge in [-0.25, -0.2) is 27.2 Å². The van der Waals surface area contributed by atoms with Crippen LogP contribution in [0.15, 0.2) is 41.5 Å². The van der Waals surface area contributed by atoms with Crippen LogP contribution in [0.5, 0.6) is 0 Å². The van der Waals surface area contributed by atoms with Crippen LogP contribution in [0.2, 0.25) is 0 Å². The average Bonchev–Trinajstić information content (AvgIpc) is 3.02. The van der Waals surface area contributed by atoms with E-state index in [0.29, 0.717) is 67.6 Å². The van der Waals surface area contributed by atoms with Gasteiger partial charge in [-0.3, -0.25) is 14.2 Å². The van der Waals surface area contributed by atoms with Crippen molar-refractivity contribution >= 4 is 32.6 Å². The Kier molecular flexibility index (Phi) is 8.93. The summed E-state index contributed by atoms with van der Waals surface area (Å²) in [6.07, 6.45) is 4.29. The summed E-state index contributed by atoms with van der Waals surface area (Å²) in [5.74, 6) is -3.97. The first-order valence-electron chi connectivity index (χ1n) is 15.8. The van der Waals surface area contributed by atoms with Crippen molar-refractivity contribution in [3.8, 4) is 0 Å². The standard InChI is InChI=1S/C32H40F2N6O4S/c1-21-23-5-4-6-25(17-23)32(33,34)24-7-13-39(14-8-24)12-3-2-11-35-28(41)19-40-30-27(29(38-21)36-20-37-30)18-26(31(40)42)22-9-15-45(43,44)16-10-22/h4-6,17-18,20-22,24H,2-3,7-16,19H2,1H3,(H,35,41)(H,36,37,38)/t21-/m1/s1. The number of halogens is 2. The molecule has 0 spiro atoms. The number of nitrogens with zero attached hydrogens (tertiary/aromatic N) is 4. The zero-order chi connectivity index (χ0) is 31.8. The fourth-order valence-corrected chi connectivity index (χ4v) is 8.40. The van der Waals surface area contributed by atoms with Gasteiger partial charge in [0, 0.05) is 29.6 Å². The molecule has 2 aromatic heterocycles. The van der Waals surface area contributed by atoms with Crippen LogP contribution in [-0.2, 0) is 27.1 Å². The molecule has 6 heterocycles. The second kappa shape index (κ2) is 12.7. The first-order chi connectivity index (χ1) is 21.5. The third kappa shape index (κ3) is 6.74. The molecule has 0 saturated carbocycles. The number of anilines is 1. The topological polar surface area (TPSA) is 126 Å². The Morgan fingerprint density at radius 2 is 1.73 bits per heavy atom. The number of benzene rings is 1. The summed E-state index contributed by atoms with van der Waals surface area (Å²) >= 11 is 0. The van der Waals surface area contributed by atoms with Gasteiger partial charge in [-0.05, 0) is 88.7 Å². The monoisotopic (exact) mass is 642 g/mol. The lowest BCUT2D eigenvalue weighted by atomic mass is 9.85. The van der Waals surface area contributed by atoms with Gasteiger partial charge in [0.1, 0.15) is 34.2 Å². The molecule has 4 aliphatic rings. The molecule has 2 fully saturated rings. The molecule has 1 amide bonds. The maximum Gasteiger partial charge on any atom is 0.276 e. The molecule has 242 valence electrons. The number of amides is 1. The Morgan fingerprint density at radius 1 is 0.978 bits per heavy atom. The van der Waals surface area contributed by atoms with E-state index in [0.717, 1.165) is 19.4 Å². The van der Waals surface area contributed by atoms with E-state index in [1.807, 2.05) is 6.92 Å². The average molecular weight is 643 g/mol. The number of alkyl halides is 2. The molecule has 4 aliphatic heterocycles. The van der Waals surface area contributed by atoms with Gasteiger partial charge < -0.3 is 15.5 Å². The number of rotatable bonds is 1. The minimum atomic E-state index is -3.16. The van der Waals surface area contributed by atoms with Crippen LogP contribution < -0.4 is 16.2 Å². The van der Waals surface area contributed by atoms with Gasteiger partial charge in [0.2, 0.25) is 5.91 Å². The number of fused-ring (bicyclic) bond motifs is 9. The molecule has 0 radical (unpaired) electrons. The van der Waals surface area contributed by atoms with E-state index in [1.165, 1.54) is 17.0 Å². The smallest absolute Gasteiger partial charge is 0.276 e. The van der Waals surface area contributed by atoms with Crippen molar-refractivity contribution in [2.45, 2.75) is 69.9 Å². The number of carbonyl (C=O) groups excluding carboxylic acids is 1. The molecule has 7 rings (SSSR count). The molecular weight excluding hydrogens is 602 g/mol. The number of piperidine rings is 1. The SMILES string of the molecule is C[C@H]1Nc2ncnc3c2cc(C2CCS(=O)(=O)CC2)c(=O)n3CC(=O)NCCCCN2CCC(CC2)C(F)(F)c2cccc1c2. The van der Waals surface area contributed by atoms with Crippen molar-refractivity contribution in [2.75, 3.05) is 43.0 Å². The van der Waals surface area contributed by atoms with E-state index in [9.17, 15) is 18.0 Å². The van der Waals surface area contributed by atoms with Crippen molar-refractivity contribution in [3.63, 3.8) is 0 Å². The Hall–Kier alpha value is -3.45. The number of pyridine rings is 1. The number of hydrogen-bond donors (Lipinski definition) is 2. The number of hydrogen-bond acceptors (Lipinski definition) is 8. The third-order valence-electron chi connectivity index (χ3n) is 9.66. The van der Waals surface area contributed by atoms with Crippen molar-refractivity contribution in [1.82, 2.24) is 24.8 Å². The van der Waals surface area contributed by atoms with Gasteiger partial charge in [0.15, 0.2) is 0 Å². The van der Waals surface area contributed by atoms with Crippen LogP contribution in [0.3, 0.4) is 0 Å². The number of carbonyl (C=O) groups is 1. The fraction of sp³-hybridized carbons (Fsp3) is 0.562. The quantitative estimate of drug-likeness (QED) is 0.409. The van der Waals surface area contributed by atoms with Gasteiger partial charge in [-0.1, -0.05) is 18.2 Å². The van der Waals surface area contributed by atoms with Crippen LogP contribution in [0, 0.1) is 5.92 Å². The molecule has 0 unspecified atom stereocenters. The lowest BCUT2D eigenvalue weighted by Gasteiger charge is -2.36. The van der Waals surface area contributed by atoms with Crippen molar-refractivity contribution in [3.05, 3.63) is 63.7 Å². The summed E-state index contributed by atoms with van der Waals surface area (Å²) in [5, 5.41) is 6.75. The minimum Gasteiger partial charge on any atom is -0.363 e. The predicted molar refractivity (Wildman–Crippen MR) is 168 cm³/mol. The Morgan fingerprint density at radius 3 is 2.49 bits per heavy atom. The number of nitrogens with one attached hydrogen (secondary N) is 2. The summed E-state index contributed by atoms with van der Waals surface area (Å²) in [6.45, 7) is 4.03. The Balaban J connectivity index is 1.41. The van der Waals surface area contributed by atoms with Gasteiger partial charge in [-0.2, -0.15) is 0 Å². The van der Waals surface area contributed by atoms with Gasteiger partial charge >= 0.3 is 0 Å². The van der Waals surface area contributed by atoms with Gasteiger partial charge in [-0.15, -0.1) is 0 Å². The highest BCUT2D eigenvalue weighted by Crippen LogP contribution is 2.42. The normalized spacial score (nSPS) is 26.1. The molecule has 1 atom stereocenters. The lowest BCUT2D eigenvalue weighted by Crippen LogP contribution is -2.40. The molecule has 10 nitrogen and oxygen atoms in total. The largest absolute Gasteiger partial charge is 0.363 e. The first-order valence-corrected chi connectivity index (χ1v) is 17.7. The predicted octanol–water partition coefficient (Wildman–Crippen LogP) is 3.97. The van der Waals surface area contributed by atoms with E-state index in [2.05, 4.69) is 25.5 Å². The van der Waals surface area contributed by atoms with Crippen molar-refractivity contribution in [2.24, 2.45) is 5.92 Å². The first kappa shape index (κ1) is 31.5. The molecule has 1 aromatic carbocycles. The van der Waals surface area contributed by atoms with E-state index in [4.69, 9.17) is 0 Å². The fourth-order valence-electron chi connectivity index (χ4n) is 6.91. The summed E-state index contributed by atoms with van der Waals surface area (Å²) < 4.78 is 57.3. The molecule has 13 heteroatoms. The van der Waals surface area contributed by atoms with Crippen LogP contribution >= 0.6 is 0 Å². The molecule has 8 bridgehead atoms. The summed E-state index contributed by atoms with van der Waals surface area (Å²) in [4.78, 5) is 38.0. The molecule has 3 aromatic rings. The van der Waals surface area contributed by atoms with Crippen LogP contribution in [0.4, 0.5) is 14.6 Å². The molecule has 0 aliphatic carbocycles. The highest BCUT2D eigenvalue weighted by molar-refractivity contribution is 7.91. The maximum atomic E-state index is 15.8. The molecule has 2 N–H and O–H groups in total. The number of aromatic nitrogens is 3. The zero-order valence-corrected chi connectivity index (χ0v) is 26.3. The summed E-state index contributed by atoms with van der Waals surface area (Å²) in [5.41, 5.74) is 0.963. The van der Waals surface area contributed by atoms with E-state index < -0.39 is 27.7 Å². The van der Waals surface area contributed by atoms with Crippen molar-refractivity contribution < 1.29 is 22.0 Å². The van der Waals surface area contributed by atoms with E-state index >= 15 is 8.78 Å². The highest BCUT2D eigenvalue weighted by Gasteiger charge is 2.42. The zero-order valence-electron chi connectivity index (χ0n) is 25.5. The molecule has 45 heavy (non-hydrogen) atoms. The van der Waals surface area contributed by atoms with Crippen LogP contribution in [0.1, 0.15) is 74.1 Å². The second-order valence-electron chi connectivity index (χ2n) is 12.7. The summed E-state index contributed by atoms with van der Waals surface area (Å²) in [6, 6.07) is 7.79. The Bertz CT molecular complexity index is 1730. The second-order valence-corrected chi connectivity index (χ2v) is 15.0. The Labute approximate surface area is 261 Å². The van der Waals surface area contributed by atoms with Crippen LogP contribution in [-0.4, -0.2) is 71.4 Å². The van der Waals surface area contributed by atoms with E-state index in [-0.39, 0.29) is 46.6 Å². The number of sulfone groups is 1. The molecule has 2 saturated heterocycles. The lowest BCUT2D eigenvalue weighted by molar-refractivity contribution is -0.121. The highest BCUT2D eigenvalue weighted by atomic mass is 32.2. The van der Waals surface area contributed by atoms with Crippen molar-refractivity contribution in [1.29, 1.82) is 0 Å². The third-order valence-corrected chi connectivity index (χ3v) is 11.4. The summed E-state index contributed by atoms with van der Waals surface area (Å²) in [7, 11) is -3.16. The van der Waals surface area contributed by atoms with Gasteiger partial charge in [0.05, 0.1) is 16.9 Å². The van der Waals surface area contributed by atoms with E-state index in [1.54, 1.807) is 24.3 Å².